The van der Waals surface area contributed by atoms with Gasteiger partial charge in [0, 0.05) is 16.7 Å². The van der Waals surface area contributed by atoms with Gasteiger partial charge in [-0.3, -0.25) is 0 Å². The van der Waals surface area contributed by atoms with E-state index in [1.807, 2.05) is 0 Å². The van der Waals surface area contributed by atoms with Gasteiger partial charge in [0.2, 0.25) is 0 Å². The predicted molar refractivity (Wildman–Crippen MR) is 68.5 cm³/mol. The van der Waals surface area contributed by atoms with Crippen molar-refractivity contribution in [2.24, 2.45) is 5.73 Å². The molecule has 100 valence electrons. The fraction of sp³-hybridized carbons (Fsp3) is 0.143. The molecular formula is C14H11ClF3N. The van der Waals surface area contributed by atoms with Crippen molar-refractivity contribution in [3.05, 3.63) is 69.5 Å². The number of hydrogen-bond acceptors (Lipinski definition) is 1. The lowest BCUT2D eigenvalue weighted by Gasteiger charge is -2.15. The first kappa shape index (κ1) is 13.9. The second kappa shape index (κ2) is 5.23. The van der Waals surface area contributed by atoms with Gasteiger partial charge in [-0.2, -0.15) is 0 Å². The maximum absolute atomic E-state index is 13.6. The zero-order valence-electron chi connectivity index (χ0n) is 10.1. The highest BCUT2D eigenvalue weighted by atomic mass is 35.5. The van der Waals surface area contributed by atoms with Crippen LogP contribution in [0.2, 0.25) is 5.02 Å². The van der Waals surface area contributed by atoms with Gasteiger partial charge in [0.15, 0.2) is 11.6 Å². The number of benzene rings is 2. The highest BCUT2D eigenvalue weighted by Crippen LogP contribution is 2.27. The zero-order chi connectivity index (χ0) is 14.2. The van der Waals surface area contributed by atoms with Crippen LogP contribution in [0.25, 0.3) is 0 Å². The molecule has 0 fully saturated rings. The lowest BCUT2D eigenvalue weighted by atomic mass is 9.97. The molecule has 5 heteroatoms. The lowest BCUT2D eigenvalue weighted by Crippen LogP contribution is -2.14. The summed E-state index contributed by atoms with van der Waals surface area (Å²) in [5.74, 6) is -3.24. The fourth-order valence-corrected chi connectivity index (χ4v) is 1.93. The molecule has 1 nitrogen and oxygen atoms in total. The van der Waals surface area contributed by atoms with E-state index in [0.29, 0.717) is 16.7 Å². The third-order valence-electron chi connectivity index (χ3n) is 2.92. The predicted octanol–water partition coefficient (Wildman–Crippen LogP) is 4.11. The lowest BCUT2D eigenvalue weighted by molar-refractivity contribution is 0.487. The topological polar surface area (TPSA) is 26.0 Å². The molecule has 1 unspecified atom stereocenters. The van der Waals surface area contributed by atoms with E-state index in [0.717, 1.165) is 11.6 Å². The highest BCUT2D eigenvalue weighted by molar-refractivity contribution is 6.31. The van der Waals surface area contributed by atoms with Crippen molar-refractivity contribution in [3.8, 4) is 0 Å². The van der Waals surface area contributed by atoms with Gasteiger partial charge < -0.3 is 5.73 Å². The minimum Gasteiger partial charge on any atom is -0.320 e. The third kappa shape index (κ3) is 2.74. The van der Waals surface area contributed by atoms with Crippen LogP contribution in [-0.4, -0.2) is 0 Å². The Balaban J connectivity index is 2.46. The van der Waals surface area contributed by atoms with Gasteiger partial charge in [-0.1, -0.05) is 23.7 Å². The van der Waals surface area contributed by atoms with Crippen LogP contribution in [0, 0.1) is 24.4 Å². The van der Waals surface area contributed by atoms with Crippen molar-refractivity contribution >= 4 is 11.6 Å². The molecule has 0 aliphatic rings. The molecule has 0 aromatic heterocycles. The van der Waals surface area contributed by atoms with Crippen molar-refractivity contribution in [3.63, 3.8) is 0 Å². The summed E-state index contributed by atoms with van der Waals surface area (Å²) >= 11 is 5.88. The molecule has 0 bridgehead atoms. The minimum absolute atomic E-state index is 0.0966. The summed E-state index contributed by atoms with van der Waals surface area (Å²) in [6, 6.07) is 5.33. The van der Waals surface area contributed by atoms with Gasteiger partial charge in [-0.15, -0.1) is 0 Å². The van der Waals surface area contributed by atoms with Crippen LogP contribution in [-0.2, 0) is 0 Å². The average Bonchev–Trinajstić information content (AvgIpc) is 2.36. The number of hydrogen-bond donors (Lipinski definition) is 1. The molecule has 2 N–H and O–H groups in total. The molecule has 2 rings (SSSR count). The first-order valence-electron chi connectivity index (χ1n) is 5.56. The Morgan fingerprint density at radius 2 is 1.63 bits per heavy atom. The second-order valence-corrected chi connectivity index (χ2v) is 4.68. The molecule has 0 aliphatic heterocycles. The fourth-order valence-electron chi connectivity index (χ4n) is 1.82. The third-order valence-corrected chi connectivity index (χ3v) is 3.34. The maximum atomic E-state index is 13.6. The van der Waals surface area contributed by atoms with Crippen LogP contribution in [0.4, 0.5) is 13.2 Å². The Hall–Kier alpha value is -1.52. The van der Waals surface area contributed by atoms with E-state index < -0.39 is 23.5 Å². The van der Waals surface area contributed by atoms with Gasteiger partial charge >= 0.3 is 0 Å². The summed E-state index contributed by atoms with van der Waals surface area (Å²) in [5, 5.41) is 0.557. The molecule has 2 aromatic carbocycles. The van der Waals surface area contributed by atoms with Gasteiger partial charge in [0.1, 0.15) is 5.82 Å². The van der Waals surface area contributed by atoms with Crippen LogP contribution < -0.4 is 5.73 Å². The van der Waals surface area contributed by atoms with Crippen LogP contribution in [0.1, 0.15) is 22.7 Å². The summed E-state index contributed by atoms with van der Waals surface area (Å²) in [6.07, 6.45) is 0. The molecule has 2 aromatic rings. The van der Waals surface area contributed by atoms with E-state index in [9.17, 15) is 13.2 Å². The van der Waals surface area contributed by atoms with E-state index in [2.05, 4.69) is 0 Å². The Morgan fingerprint density at radius 1 is 1.00 bits per heavy atom. The summed E-state index contributed by atoms with van der Waals surface area (Å²) in [4.78, 5) is 0. The van der Waals surface area contributed by atoms with E-state index >= 15 is 0 Å². The van der Waals surface area contributed by atoms with Crippen molar-refractivity contribution in [2.45, 2.75) is 13.0 Å². The minimum atomic E-state index is -1.24. The molecule has 1 atom stereocenters. The first-order valence-corrected chi connectivity index (χ1v) is 5.94. The Kier molecular flexibility index (Phi) is 3.83. The van der Waals surface area contributed by atoms with Gasteiger partial charge in [-0.25, -0.2) is 13.2 Å². The summed E-state index contributed by atoms with van der Waals surface area (Å²) in [6.45, 7) is 1.78. The normalized spacial score (nSPS) is 12.5. The molecule has 0 saturated carbocycles. The molecule has 0 saturated heterocycles. The number of aryl methyl sites for hydroxylation is 1. The van der Waals surface area contributed by atoms with Crippen molar-refractivity contribution in [2.75, 3.05) is 0 Å². The Bertz CT molecular complexity index is 628. The van der Waals surface area contributed by atoms with Crippen molar-refractivity contribution in [1.82, 2.24) is 0 Å². The first-order chi connectivity index (χ1) is 8.90. The molecular weight excluding hydrogens is 275 g/mol. The molecule has 0 spiro atoms. The van der Waals surface area contributed by atoms with E-state index in [-0.39, 0.29) is 5.56 Å². The largest absolute Gasteiger partial charge is 0.320 e. The van der Waals surface area contributed by atoms with Crippen LogP contribution in [0.3, 0.4) is 0 Å². The zero-order valence-corrected chi connectivity index (χ0v) is 10.8. The van der Waals surface area contributed by atoms with E-state index in [1.165, 1.54) is 0 Å². The van der Waals surface area contributed by atoms with Gasteiger partial charge in [0.25, 0.3) is 0 Å². The van der Waals surface area contributed by atoms with Crippen molar-refractivity contribution in [1.29, 1.82) is 0 Å². The van der Waals surface area contributed by atoms with Crippen LogP contribution >= 0.6 is 11.6 Å². The Morgan fingerprint density at radius 3 is 2.26 bits per heavy atom. The molecule has 0 aliphatic carbocycles. The summed E-state index contributed by atoms with van der Waals surface area (Å²) in [5.41, 5.74) is 7.14. The summed E-state index contributed by atoms with van der Waals surface area (Å²) < 4.78 is 39.7. The number of nitrogens with two attached hydrogens (primary N) is 1. The highest BCUT2D eigenvalue weighted by Gasteiger charge is 2.17. The van der Waals surface area contributed by atoms with Crippen molar-refractivity contribution < 1.29 is 13.2 Å². The van der Waals surface area contributed by atoms with Crippen LogP contribution in [0.15, 0.2) is 30.3 Å². The monoisotopic (exact) mass is 285 g/mol. The maximum Gasteiger partial charge on any atom is 0.161 e. The molecule has 0 amide bonds. The Labute approximate surface area is 113 Å². The second-order valence-electron chi connectivity index (χ2n) is 4.27. The van der Waals surface area contributed by atoms with Gasteiger partial charge in [-0.05, 0) is 30.2 Å². The van der Waals surface area contributed by atoms with Gasteiger partial charge in [0.05, 0.1) is 6.04 Å². The molecule has 19 heavy (non-hydrogen) atoms. The summed E-state index contributed by atoms with van der Waals surface area (Å²) in [7, 11) is 0. The quantitative estimate of drug-likeness (QED) is 0.826. The molecule has 0 radical (unpaired) electrons. The number of halogens is 4. The average molecular weight is 286 g/mol. The van der Waals surface area contributed by atoms with E-state index in [1.54, 1.807) is 25.1 Å². The SMILES string of the molecule is Cc1cc(C(N)c2cc(F)c(F)cc2F)ccc1Cl. The smallest absolute Gasteiger partial charge is 0.161 e. The van der Waals surface area contributed by atoms with E-state index in [4.69, 9.17) is 17.3 Å². The molecule has 0 heterocycles. The standard InChI is InChI=1S/C14H11ClF3N/c1-7-4-8(2-3-10(7)15)14(19)9-5-12(17)13(18)6-11(9)16/h2-6,14H,19H2,1H3. The number of rotatable bonds is 2. The van der Waals surface area contributed by atoms with Crippen LogP contribution in [0.5, 0.6) is 0 Å².